The Kier molecular flexibility index (Phi) is 3.22. The molecule has 0 aliphatic carbocycles. The van der Waals surface area contributed by atoms with Crippen molar-refractivity contribution in [2.24, 2.45) is 0 Å². The van der Waals surface area contributed by atoms with E-state index in [1.807, 2.05) is 0 Å². The van der Waals surface area contributed by atoms with Gasteiger partial charge in [-0.05, 0) is 24.8 Å². The summed E-state index contributed by atoms with van der Waals surface area (Å²) in [4.78, 5) is 0. The lowest BCUT2D eigenvalue weighted by Gasteiger charge is -2.46. The van der Waals surface area contributed by atoms with E-state index in [1.54, 1.807) is 0 Å². The van der Waals surface area contributed by atoms with Gasteiger partial charge >= 0.3 is 0 Å². The molecule has 0 N–H and O–H groups in total. The number of hydrogen-bond donors (Lipinski definition) is 0. The van der Waals surface area contributed by atoms with Crippen molar-refractivity contribution in [3.05, 3.63) is 35.9 Å². The van der Waals surface area contributed by atoms with E-state index in [2.05, 4.69) is 50.0 Å². The quantitative estimate of drug-likeness (QED) is 0.704. The Labute approximate surface area is 99.8 Å². The summed E-state index contributed by atoms with van der Waals surface area (Å²) in [7, 11) is -1.37. The maximum absolute atomic E-state index is 6.28. The van der Waals surface area contributed by atoms with Crippen LogP contribution in [0, 0.1) is 0 Å². The van der Waals surface area contributed by atoms with Gasteiger partial charge in [-0.3, -0.25) is 0 Å². The van der Waals surface area contributed by atoms with Crippen molar-refractivity contribution in [3.63, 3.8) is 0 Å². The Morgan fingerprint density at radius 3 is 2.25 bits per heavy atom. The Morgan fingerprint density at radius 1 is 1.06 bits per heavy atom. The van der Waals surface area contributed by atoms with Crippen LogP contribution < -0.4 is 0 Å². The van der Waals surface area contributed by atoms with Gasteiger partial charge in [0.05, 0.1) is 13.3 Å². The fraction of sp³-hybridized carbons (Fsp3) is 0.571. The van der Waals surface area contributed by atoms with Gasteiger partial charge in [0.25, 0.3) is 0 Å². The minimum Gasteiger partial charge on any atom is -0.374 e. The van der Waals surface area contributed by atoms with Gasteiger partial charge in [0, 0.05) is 6.61 Å². The second-order valence-corrected chi connectivity index (χ2v) is 11.1. The number of benzene rings is 1. The van der Waals surface area contributed by atoms with Gasteiger partial charge in [-0.1, -0.05) is 50.0 Å². The molecule has 1 atom stereocenters. The highest BCUT2D eigenvalue weighted by molar-refractivity contribution is 6.78. The summed E-state index contributed by atoms with van der Waals surface area (Å²) in [6, 6.07) is 10.8. The molecular formula is C14H22OSi. The zero-order chi connectivity index (χ0) is 11.6. The van der Waals surface area contributed by atoms with Crippen molar-refractivity contribution in [1.29, 1.82) is 0 Å². The summed E-state index contributed by atoms with van der Waals surface area (Å²) < 4.78 is 6.28. The smallest absolute Gasteiger partial charge is 0.0881 e. The lowest BCUT2D eigenvalue weighted by Crippen LogP contribution is -2.53. The molecule has 0 amide bonds. The van der Waals surface area contributed by atoms with E-state index in [1.165, 1.54) is 24.8 Å². The molecular weight excluding hydrogens is 212 g/mol. The molecule has 0 aromatic heterocycles. The predicted molar refractivity (Wildman–Crippen MR) is 71.3 cm³/mol. The standard InChI is InChI=1S/C14H22OSi/c1-16(2,3)14(11-7-8-12-15-14)13-9-5-4-6-10-13/h4-6,9-10H,7-8,11-12H2,1-3H3/t14-/m0/s1. The van der Waals surface area contributed by atoms with Gasteiger partial charge in [-0.15, -0.1) is 0 Å². The molecule has 1 nitrogen and oxygen atoms in total. The largest absolute Gasteiger partial charge is 0.374 e. The average molecular weight is 234 g/mol. The van der Waals surface area contributed by atoms with E-state index in [9.17, 15) is 0 Å². The molecule has 1 saturated heterocycles. The second-order valence-electron chi connectivity index (χ2n) is 5.75. The monoisotopic (exact) mass is 234 g/mol. The van der Waals surface area contributed by atoms with Crippen LogP contribution in [-0.4, -0.2) is 14.7 Å². The van der Waals surface area contributed by atoms with Crippen molar-refractivity contribution in [2.45, 2.75) is 44.1 Å². The number of ether oxygens (including phenoxy) is 1. The van der Waals surface area contributed by atoms with Crippen LogP contribution in [0.2, 0.25) is 19.6 Å². The first-order valence-corrected chi connectivity index (χ1v) is 9.76. The second kappa shape index (κ2) is 4.34. The SMILES string of the molecule is C[Si](C)(C)[C@]1(c2ccccc2)CCCCO1. The van der Waals surface area contributed by atoms with Crippen molar-refractivity contribution >= 4 is 8.07 Å². The molecule has 0 radical (unpaired) electrons. The molecule has 1 aliphatic heterocycles. The van der Waals surface area contributed by atoms with E-state index in [4.69, 9.17) is 4.74 Å². The molecule has 2 rings (SSSR count). The van der Waals surface area contributed by atoms with E-state index in [0.29, 0.717) is 0 Å². The molecule has 0 saturated carbocycles. The van der Waals surface area contributed by atoms with Gasteiger partial charge in [0.2, 0.25) is 0 Å². The predicted octanol–water partition coefficient (Wildman–Crippen LogP) is 3.96. The highest BCUT2D eigenvalue weighted by atomic mass is 28.3. The van der Waals surface area contributed by atoms with Crippen molar-refractivity contribution < 1.29 is 4.74 Å². The lowest BCUT2D eigenvalue weighted by molar-refractivity contribution is -0.0297. The van der Waals surface area contributed by atoms with Crippen molar-refractivity contribution in [1.82, 2.24) is 0 Å². The van der Waals surface area contributed by atoms with Crippen molar-refractivity contribution in [2.75, 3.05) is 6.61 Å². The first-order chi connectivity index (χ1) is 7.56. The van der Waals surface area contributed by atoms with E-state index < -0.39 is 8.07 Å². The molecule has 1 aromatic carbocycles. The first-order valence-electron chi connectivity index (χ1n) is 6.26. The minimum atomic E-state index is -1.37. The van der Waals surface area contributed by atoms with Gasteiger partial charge in [0.15, 0.2) is 0 Å². The van der Waals surface area contributed by atoms with Crippen LogP contribution in [0.4, 0.5) is 0 Å². The third-order valence-electron chi connectivity index (χ3n) is 3.72. The van der Waals surface area contributed by atoms with Gasteiger partial charge in [-0.2, -0.15) is 0 Å². The average Bonchev–Trinajstić information content (AvgIpc) is 2.30. The van der Waals surface area contributed by atoms with Crippen LogP contribution in [0.25, 0.3) is 0 Å². The lowest BCUT2D eigenvalue weighted by atomic mass is 10.0. The van der Waals surface area contributed by atoms with Crippen LogP contribution in [0.15, 0.2) is 30.3 Å². The zero-order valence-electron chi connectivity index (χ0n) is 10.6. The molecule has 1 aromatic rings. The highest BCUT2D eigenvalue weighted by Gasteiger charge is 2.46. The number of hydrogen-bond acceptors (Lipinski definition) is 1. The molecule has 0 bridgehead atoms. The minimum absolute atomic E-state index is 0.0481. The van der Waals surface area contributed by atoms with Crippen LogP contribution in [-0.2, 0) is 9.96 Å². The number of rotatable bonds is 2. The van der Waals surface area contributed by atoms with Crippen LogP contribution >= 0.6 is 0 Å². The first kappa shape index (κ1) is 11.9. The molecule has 1 aliphatic rings. The molecule has 16 heavy (non-hydrogen) atoms. The van der Waals surface area contributed by atoms with Crippen LogP contribution in [0.5, 0.6) is 0 Å². The summed E-state index contributed by atoms with van der Waals surface area (Å²) in [5.41, 5.74) is 1.40. The van der Waals surface area contributed by atoms with Crippen LogP contribution in [0.3, 0.4) is 0 Å². The molecule has 0 spiro atoms. The van der Waals surface area contributed by atoms with Crippen LogP contribution in [0.1, 0.15) is 24.8 Å². The Morgan fingerprint density at radius 2 is 1.75 bits per heavy atom. The highest BCUT2D eigenvalue weighted by Crippen LogP contribution is 2.42. The Balaban J connectivity index is 2.42. The van der Waals surface area contributed by atoms with Gasteiger partial charge < -0.3 is 4.74 Å². The normalized spacial score (nSPS) is 26.7. The van der Waals surface area contributed by atoms with E-state index in [-0.39, 0.29) is 5.22 Å². The summed E-state index contributed by atoms with van der Waals surface area (Å²) in [6.07, 6.45) is 3.73. The molecule has 0 unspecified atom stereocenters. The summed E-state index contributed by atoms with van der Waals surface area (Å²) in [5.74, 6) is 0. The van der Waals surface area contributed by atoms with E-state index in [0.717, 1.165) is 6.61 Å². The maximum atomic E-state index is 6.28. The van der Waals surface area contributed by atoms with Crippen molar-refractivity contribution in [3.8, 4) is 0 Å². The zero-order valence-corrected chi connectivity index (χ0v) is 11.6. The topological polar surface area (TPSA) is 9.23 Å². The summed E-state index contributed by atoms with van der Waals surface area (Å²) >= 11 is 0. The van der Waals surface area contributed by atoms with Gasteiger partial charge in [0.1, 0.15) is 0 Å². The third-order valence-corrected chi connectivity index (χ3v) is 6.83. The fourth-order valence-corrected chi connectivity index (χ4v) is 5.25. The molecule has 1 fully saturated rings. The van der Waals surface area contributed by atoms with Gasteiger partial charge in [-0.25, -0.2) is 0 Å². The Bertz CT molecular complexity index is 334. The summed E-state index contributed by atoms with van der Waals surface area (Å²) in [6.45, 7) is 8.20. The van der Waals surface area contributed by atoms with E-state index >= 15 is 0 Å². The fourth-order valence-electron chi connectivity index (χ4n) is 2.75. The molecule has 1 heterocycles. The molecule has 88 valence electrons. The maximum Gasteiger partial charge on any atom is 0.0881 e. The Hall–Kier alpha value is -0.603. The summed E-state index contributed by atoms with van der Waals surface area (Å²) in [5, 5.41) is 0.0481. The third kappa shape index (κ3) is 1.96. The molecule has 2 heteroatoms.